The second kappa shape index (κ2) is 6.56. The predicted molar refractivity (Wildman–Crippen MR) is 98.2 cm³/mol. The highest BCUT2D eigenvalue weighted by Gasteiger charge is 2.23. The molecule has 0 saturated carbocycles. The first kappa shape index (κ1) is 15.6. The van der Waals surface area contributed by atoms with E-state index in [1.54, 1.807) is 12.7 Å². The van der Waals surface area contributed by atoms with E-state index in [4.69, 9.17) is 5.73 Å². The predicted octanol–water partition coefficient (Wildman–Crippen LogP) is 1.87. The third kappa shape index (κ3) is 3.08. The first-order valence-corrected chi connectivity index (χ1v) is 8.92. The van der Waals surface area contributed by atoms with Crippen molar-refractivity contribution in [1.82, 2.24) is 19.7 Å². The van der Waals surface area contributed by atoms with Gasteiger partial charge in [0.25, 0.3) is 5.91 Å². The van der Waals surface area contributed by atoms with Crippen LogP contribution in [0.3, 0.4) is 0 Å². The number of nitrogens with two attached hydrogens (primary N) is 1. The van der Waals surface area contributed by atoms with Gasteiger partial charge in [-0.25, -0.2) is 0 Å². The molecule has 3 aromatic rings. The van der Waals surface area contributed by atoms with Crippen LogP contribution in [0.5, 0.6) is 0 Å². The van der Waals surface area contributed by atoms with E-state index in [9.17, 15) is 4.79 Å². The minimum absolute atomic E-state index is 0.116. The summed E-state index contributed by atoms with van der Waals surface area (Å²) in [5, 5.41) is 9.56. The molecule has 25 heavy (non-hydrogen) atoms. The van der Waals surface area contributed by atoms with Crippen LogP contribution in [0, 0.1) is 0 Å². The van der Waals surface area contributed by atoms with Crippen molar-refractivity contribution in [2.24, 2.45) is 0 Å². The van der Waals surface area contributed by atoms with Crippen LogP contribution in [0.1, 0.15) is 9.67 Å². The summed E-state index contributed by atoms with van der Waals surface area (Å²) < 4.78 is 1.82. The zero-order valence-electron chi connectivity index (χ0n) is 13.6. The molecule has 4 rings (SSSR count). The molecule has 0 aliphatic carbocycles. The summed E-state index contributed by atoms with van der Waals surface area (Å²) in [7, 11) is 0. The number of nitrogen functional groups attached to an aromatic ring is 1. The van der Waals surface area contributed by atoms with Gasteiger partial charge in [-0.1, -0.05) is 6.07 Å². The monoisotopic (exact) mass is 354 g/mol. The number of thiophene rings is 1. The van der Waals surface area contributed by atoms with Crippen molar-refractivity contribution in [3.63, 3.8) is 0 Å². The molecule has 0 atom stereocenters. The highest BCUT2D eigenvalue weighted by molar-refractivity contribution is 7.12. The highest BCUT2D eigenvalue weighted by atomic mass is 32.1. The maximum atomic E-state index is 12.4. The van der Waals surface area contributed by atoms with Crippen LogP contribution in [-0.2, 0) is 0 Å². The van der Waals surface area contributed by atoms with Gasteiger partial charge >= 0.3 is 0 Å². The zero-order chi connectivity index (χ0) is 17.2. The van der Waals surface area contributed by atoms with Gasteiger partial charge in [0.1, 0.15) is 12.7 Å². The van der Waals surface area contributed by atoms with Crippen LogP contribution in [0.2, 0.25) is 0 Å². The van der Waals surface area contributed by atoms with Gasteiger partial charge in [-0.3, -0.25) is 9.36 Å². The molecule has 128 valence electrons. The fraction of sp³-hybridized carbons (Fsp3) is 0.235. The summed E-state index contributed by atoms with van der Waals surface area (Å²) in [5.74, 6) is 0.116. The van der Waals surface area contributed by atoms with E-state index in [0.29, 0.717) is 18.8 Å². The zero-order valence-corrected chi connectivity index (χ0v) is 14.4. The first-order chi connectivity index (χ1) is 12.2. The van der Waals surface area contributed by atoms with Gasteiger partial charge in [-0.15, -0.1) is 21.5 Å². The van der Waals surface area contributed by atoms with Gasteiger partial charge in [-0.2, -0.15) is 0 Å². The number of rotatable bonds is 3. The minimum atomic E-state index is 0.116. The van der Waals surface area contributed by atoms with E-state index in [1.807, 2.05) is 45.2 Å². The number of amides is 1. The lowest BCUT2D eigenvalue weighted by Gasteiger charge is -2.36. The number of aromatic nitrogens is 3. The topological polar surface area (TPSA) is 80.3 Å². The molecule has 8 heteroatoms. The lowest BCUT2D eigenvalue weighted by molar-refractivity contribution is 0.0751. The number of hydrogen-bond donors (Lipinski definition) is 1. The van der Waals surface area contributed by atoms with Crippen LogP contribution in [0.25, 0.3) is 5.69 Å². The molecule has 1 aliphatic rings. The van der Waals surface area contributed by atoms with Crippen LogP contribution < -0.4 is 10.6 Å². The van der Waals surface area contributed by atoms with Crippen molar-refractivity contribution in [3.05, 3.63) is 53.2 Å². The number of anilines is 2. The van der Waals surface area contributed by atoms with Gasteiger partial charge in [-0.05, 0) is 29.6 Å². The van der Waals surface area contributed by atoms with E-state index in [2.05, 4.69) is 15.1 Å². The summed E-state index contributed by atoms with van der Waals surface area (Å²) in [6, 6.07) is 9.72. The van der Waals surface area contributed by atoms with E-state index >= 15 is 0 Å². The minimum Gasteiger partial charge on any atom is -0.397 e. The van der Waals surface area contributed by atoms with Crippen molar-refractivity contribution in [2.75, 3.05) is 36.8 Å². The van der Waals surface area contributed by atoms with Gasteiger partial charge in [0.2, 0.25) is 0 Å². The average molecular weight is 354 g/mol. The van der Waals surface area contributed by atoms with Crippen LogP contribution in [-0.4, -0.2) is 51.8 Å². The SMILES string of the molecule is Nc1cc(-n2cnnc2)ccc1N1CCN(C(=O)c2cccs2)CC1. The molecule has 3 heterocycles. The number of benzene rings is 1. The van der Waals surface area contributed by atoms with Crippen molar-refractivity contribution in [2.45, 2.75) is 0 Å². The van der Waals surface area contributed by atoms with Crippen LogP contribution >= 0.6 is 11.3 Å². The molecule has 0 radical (unpaired) electrons. The molecule has 1 aliphatic heterocycles. The lowest BCUT2D eigenvalue weighted by Crippen LogP contribution is -2.48. The Morgan fingerprint density at radius 2 is 1.84 bits per heavy atom. The van der Waals surface area contributed by atoms with Gasteiger partial charge in [0.05, 0.1) is 21.9 Å². The van der Waals surface area contributed by atoms with Crippen LogP contribution in [0.4, 0.5) is 11.4 Å². The fourth-order valence-electron chi connectivity index (χ4n) is 3.03. The third-order valence-electron chi connectivity index (χ3n) is 4.37. The largest absolute Gasteiger partial charge is 0.397 e. The van der Waals surface area contributed by atoms with E-state index < -0.39 is 0 Å². The molecule has 1 fully saturated rings. The molecule has 7 nitrogen and oxygen atoms in total. The van der Waals surface area contributed by atoms with Crippen molar-refractivity contribution in [1.29, 1.82) is 0 Å². The smallest absolute Gasteiger partial charge is 0.264 e. The molecule has 2 N–H and O–H groups in total. The Balaban J connectivity index is 1.45. The number of piperazine rings is 1. The Morgan fingerprint density at radius 1 is 1.08 bits per heavy atom. The molecule has 2 aromatic heterocycles. The Hall–Kier alpha value is -2.87. The van der Waals surface area contributed by atoms with Gasteiger partial charge in [0, 0.05) is 26.2 Å². The van der Waals surface area contributed by atoms with Gasteiger partial charge < -0.3 is 15.5 Å². The molecule has 0 bridgehead atoms. The second-order valence-electron chi connectivity index (χ2n) is 5.87. The number of nitrogens with zero attached hydrogens (tertiary/aromatic N) is 5. The maximum absolute atomic E-state index is 12.4. The number of carbonyl (C=O) groups is 1. The lowest BCUT2D eigenvalue weighted by atomic mass is 10.2. The Bertz CT molecular complexity index is 853. The first-order valence-electron chi connectivity index (χ1n) is 8.04. The number of carbonyl (C=O) groups excluding carboxylic acids is 1. The molecule has 0 spiro atoms. The summed E-state index contributed by atoms with van der Waals surface area (Å²) >= 11 is 1.49. The Labute approximate surface area is 149 Å². The fourth-order valence-corrected chi connectivity index (χ4v) is 3.72. The summed E-state index contributed by atoms with van der Waals surface area (Å²) in [6.45, 7) is 2.94. The maximum Gasteiger partial charge on any atom is 0.264 e. The quantitative estimate of drug-likeness (QED) is 0.727. The standard InChI is InChI=1S/C17H18N6OS/c18-14-10-13(23-11-19-20-12-23)3-4-15(14)21-5-7-22(8-6-21)17(24)16-2-1-9-25-16/h1-4,9-12H,5-8,18H2. The molecule has 0 unspecified atom stereocenters. The van der Waals surface area contributed by atoms with Crippen molar-refractivity contribution >= 4 is 28.6 Å². The van der Waals surface area contributed by atoms with Crippen molar-refractivity contribution in [3.8, 4) is 5.69 Å². The van der Waals surface area contributed by atoms with E-state index in [-0.39, 0.29) is 5.91 Å². The summed E-state index contributed by atoms with van der Waals surface area (Å²) in [6.07, 6.45) is 3.28. The Morgan fingerprint density at radius 3 is 2.48 bits per heavy atom. The summed E-state index contributed by atoms with van der Waals surface area (Å²) in [5.41, 5.74) is 8.90. The van der Waals surface area contributed by atoms with E-state index in [0.717, 1.165) is 29.3 Å². The number of hydrogen-bond acceptors (Lipinski definition) is 6. The highest BCUT2D eigenvalue weighted by Crippen LogP contribution is 2.27. The molecular formula is C17H18N6OS. The average Bonchev–Trinajstić information content (AvgIpc) is 3.35. The Kier molecular flexibility index (Phi) is 4.10. The molecule has 1 saturated heterocycles. The van der Waals surface area contributed by atoms with Crippen molar-refractivity contribution < 1.29 is 4.79 Å². The second-order valence-corrected chi connectivity index (χ2v) is 6.82. The van der Waals surface area contributed by atoms with Gasteiger partial charge in [0.15, 0.2) is 0 Å². The molecule has 1 amide bonds. The van der Waals surface area contributed by atoms with E-state index in [1.165, 1.54) is 11.3 Å². The molecular weight excluding hydrogens is 336 g/mol. The van der Waals surface area contributed by atoms with Crippen LogP contribution in [0.15, 0.2) is 48.4 Å². The third-order valence-corrected chi connectivity index (χ3v) is 5.23. The summed E-state index contributed by atoms with van der Waals surface area (Å²) in [4.78, 5) is 17.4. The molecule has 1 aromatic carbocycles. The normalized spacial score (nSPS) is 14.7.